The molecule has 2 atom stereocenters. The number of ether oxygens (including phenoxy) is 1. The van der Waals surface area contributed by atoms with E-state index in [-0.39, 0.29) is 11.8 Å². The van der Waals surface area contributed by atoms with Gasteiger partial charge in [-0.25, -0.2) is 4.79 Å². The first-order valence-corrected chi connectivity index (χ1v) is 6.54. The molecule has 0 bridgehead atoms. The van der Waals surface area contributed by atoms with Crippen molar-refractivity contribution in [1.82, 2.24) is 5.32 Å². The van der Waals surface area contributed by atoms with Crippen molar-refractivity contribution in [3.05, 3.63) is 0 Å². The van der Waals surface area contributed by atoms with Gasteiger partial charge in [-0.05, 0) is 46.0 Å². The Morgan fingerprint density at radius 1 is 1.33 bits per heavy atom. The van der Waals surface area contributed by atoms with Crippen LogP contribution < -0.4 is 11.1 Å². The molecule has 5 heteroatoms. The predicted molar refractivity (Wildman–Crippen MR) is 68.9 cm³/mol. The van der Waals surface area contributed by atoms with Crippen LogP contribution in [0.4, 0.5) is 4.79 Å². The molecule has 0 aliphatic heterocycles. The second-order valence-corrected chi connectivity index (χ2v) is 6.01. The minimum Gasteiger partial charge on any atom is -0.444 e. The SMILES string of the molecule is CC(C)(C)OC(=O)NC[C@H]1CCC[C@@H](C(N)=O)C1. The highest BCUT2D eigenvalue weighted by atomic mass is 16.6. The van der Waals surface area contributed by atoms with E-state index in [1.807, 2.05) is 20.8 Å². The first-order valence-electron chi connectivity index (χ1n) is 6.54. The molecule has 3 N–H and O–H groups in total. The lowest BCUT2D eigenvalue weighted by Gasteiger charge is -2.27. The quantitative estimate of drug-likeness (QED) is 0.808. The van der Waals surface area contributed by atoms with E-state index >= 15 is 0 Å². The van der Waals surface area contributed by atoms with Crippen molar-refractivity contribution >= 4 is 12.0 Å². The minimum absolute atomic E-state index is 0.0378. The van der Waals surface area contributed by atoms with Gasteiger partial charge in [0.1, 0.15) is 5.60 Å². The number of carbonyl (C=O) groups is 2. The van der Waals surface area contributed by atoms with Crippen molar-refractivity contribution in [2.75, 3.05) is 6.54 Å². The fourth-order valence-electron chi connectivity index (χ4n) is 2.28. The van der Waals surface area contributed by atoms with E-state index in [0.717, 1.165) is 25.7 Å². The number of amides is 2. The minimum atomic E-state index is -0.480. The molecule has 5 nitrogen and oxygen atoms in total. The van der Waals surface area contributed by atoms with Gasteiger partial charge in [-0.3, -0.25) is 4.79 Å². The third-order valence-electron chi connectivity index (χ3n) is 3.12. The Kier molecular flexibility index (Phi) is 4.99. The van der Waals surface area contributed by atoms with Gasteiger partial charge in [0.2, 0.25) is 5.91 Å². The van der Waals surface area contributed by atoms with Gasteiger partial charge in [0.25, 0.3) is 0 Å². The summed E-state index contributed by atoms with van der Waals surface area (Å²) in [5, 5.41) is 2.76. The van der Waals surface area contributed by atoms with Crippen LogP contribution >= 0.6 is 0 Å². The molecule has 1 aliphatic carbocycles. The third kappa shape index (κ3) is 5.38. The van der Waals surface area contributed by atoms with E-state index in [0.29, 0.717) is 12.5 Å². The smallest absolute Gasteiger partial charge is 0.407 e. The van der Waals surface area contributed by atoms with Gasteiger partial charge in [0.05, 0.1) is 0 Å². The Hall–Kier alpha value is -1.26. The summed E-state index contributed by atoms with van der Waals surface area (Å²) < 4.78 is 5.16. The molecule has 0 unspecified atom stereocenters. The van der Waals surface area contributed by atoms with E-state index in [1.165, 1.54) is 0 Å². The lowest BCUT2D eigenvalue weighted by molar-refractivity contribution is -0.123. The maximum Gasteiger partial charge on any atom is 0.407 e. The fourth-order valence-corrected chi connectivity index (χ4v) is 2.28. The molecule has 1 saturated carbocycles. The number of primary amides is 1. The van der Waals surface area contributed by atoms with Gasteiger partial charge in [-0.15, -0.1) is 0 Å². The highest BCUT2D eigenvalue weighted by Crippen LogP contribution is 2.28. The summed E-state index contributed by atoms with van der Waals surface area (Å²) >= 11 is 0. The normalized spacial score (nSPS) is 24.4. The predicted octanol–water partition coefficient (Wildman–Crippen LogP) is 1.80. The van der Waals surface area contributed by atoms with E-state index in [4.69, 9.17) is 10.5 Å². The van der Waals surface area contributed by atoms with Gasteiger partial charge >= 0.3 is 6.09 Å². The molecule has 2 amide bonds. The number of alkyl carbamates (subject to hydrolysis) is 1. The Morgan fingerprint density at radius 3 is 2.56 bits per heavy atom. The van der Waals surface area contributed by atoms with Gasteiger partial charge < -0.3 is 15.8 Å². The van der Waals surface area contributed by atoms with Crippen molar-refractivity contribution < 1.29 is 14.3 Å². The first kappa shape index (κ1) is 14.8. The Labute approximate surface area is 108 Å². The van der Waals surface area contributed by atoms with Crippen LogP contribution in [0.15, 0.2) is 0 Å². The monoisotopic (exact) mass is 256 g/mol. The van der Waals surface area contributed by atoms with Crippen LogP contribution in [0, 0.1) is 11.8 Å². The average Bonchev–Trinajstić information content (AvgIpc) is 2.24. The molecular formula is C13H24N2O3. The van der Waals surface area contributed by atoms with Crippen LogP contribution in [0.1, 0.15) is 46.5 Å². The molecule has 0 aromatic heterocycles. The van der Waals surface area contributed by atoms with Crippen LogP contribution in [0.5, 0.6) is 0 Å². The molecule has 0 aromatic carbocycles. The zero-order valence-corrected chi connectivity index (χ0v) is 11.5. The molecule has 1 aliphatic rings. The number of rotatable bonds is 3. The largest absolute Gasteiger partial charge is 0.444 e. The Bertz CT molecular complexity index is 310. The summed E-state index contributed by atoms with van der Waals surface area (Å²) in [5.74, 6) is 0.0601. The molecule has 0 radical (unpaired) electrons. The molecule has 0 heterocycles. The Balaban J connectivity index is 2.31. The van der Waals surface area contributed by atoms with E-state index in [9.17, 15) is 9.59 Å². The highest BCUT2D eigenvalue weighted by molar-refractivity contribution is 5.76. The van der Waals surface area contributed by atoms with Gasteiger partial charge in [-0.2, -0.15) is 0 Å². The third-order valence-corrected chi connectivity index (χ3v) is 3.12. The summed E-state index contributed by atoms with van der Waals surface area (Å²) in [6.07, 6.45) is 3.26. The number of hydrogen-bond acceptors (Lipinski definition) is 3. The van der Waals surface area contributed by atoms with Crippen LogP contribution in [0.2, 0.25) is 0 Å². The van der Waals surface area contributed by atoms with Crippen LogP contribution in [-0.4, -0.2) is 24.1 Å². The summed E-state index contributed by atoms with van der Waals surface area (Å²) in [6, 6.07) is 0. The molecule has 0 aromatic rings. The number of hydrogen-bond donors (Lipinski definition) is 2. The van der Waals surface area contributed by atoms with Gasteiger partial charge in [-0.1, -0.05) is 6.42 Å². The standard InChI is InChI=1S/C13H24N2O3/c1-13(2,3)18-12(17)15-8-9-5-4-6-10(7-9)11(14)16/h9-10H,4-8H2,1-3H3,(H2,14,16)(H,15,17)/t9-,10+/m0/s1. The molecule has 18 heavy (non-hydrogen) atoms. The molecule has 1 fully saturated rings. The summed E-state index contributed by atoms with van der Waals surface area (Å²) in [4.78, 5) is 22.6. The van der Waals surface area contributed by atoms with Crippen molar-refractivity contribution in [1.29, 1.82) is 0 Å². The van der Waals surface area contributed by atoms with Crippen molar-refractivity contribution in [2.24, 2.45) is 17.6 Å². The number of nitrogens with two attached hydrogens (primary N) is 1. The lowest BCUT2D eigenvalue weighted by atomic mass is 9.81. The average molecular weight is 256 g/mol. The second kappa shape index (κ2) is 6.07. The first-order chi connectivity index (χ1) is 8.28. The molecule has 1 rings (SSSR count). The zero-order chi connectivity index (χ0) is 13.8. The maximum absolute atomic E-state index is 11.5. The lowest BCUT2D eigenvalue weighted by Crippen LogP contribution is -2.37. The molecule has 0 spiro atoms. The van der Waals surface area contributed by atoms with Crippen molar-refractivity contribution in [3.8, 4) is 0 Å². The zero-order valence-electron chi connectivity index (χ0n) is 11.5. The summed E-state index contributed by atoms with van der Waals surface area (Å²) in [7, 11) is 0. The van der Waals surface area contributed by atoms with Gasteiger partial charge in [0.15, 0.2) is 0 Å². The molecular weight excluding hydrogens is 232 g/mol. The topological polar surface area (TPSA) is 81.4 Å². The molecule has 104 valence electrons. The fraction of sp³-hybridized carbons (Fsp3) is 0.846. The van der Waals surface area contributed by atoms with Crippen molar-refractivity contribution in [3.63, 3.8) is 0 Å². The van der Waals surface area contributed by atoms with E-state index < -0.39 is 11.7 Å². The summed E-state index contributed by atoms with van der Waals surface area (Å²) in [6.45, 7) is 6.04. The second-order valence-electron chi connectivity index (χ2n) is 6.01. The Morgan fingerprint density at radius 2 is 2.00 bits per heavy atom. The van der Waals surface area contributed by atoms with Crippen LogP contribution in [-0.2, 0) is 9.53 Å². The van der Waals surface area contributed by atoms with E-state index in [2.05, 4.69) is 5.32 Å². The number of carbonyl (C=O) groups excluding carboxylic acids is 2. The van der Waals surface area contributed by atoms with Crippen molar-refractivity contribution in [2.45, 2.75) is 52.1 Å². The summed E-state index contributed by atoms with van der Waals surface area (Å²) in [5.41, 5.74) is 4.84. The number of nitrogens with one attached hydrogen (secondary N) is 1. The molecule has 0 saturated heterocycles. The van der Waals surface area contributed by atoms with Gasteiger partial charge in [0, 0.05) is 12.5 Å². The van der Waals surface area contributed by atoms with Crippen LogP contribution in [0.25, 0.3) is 0 Å². The van der Waals surface area contributed by atoms with Crippen LogP contribution in [0.3, 0.4) is 0 Å². The highest BCUT2D eigenvalue weighted by Gasteiger charge is 2.26. The maximum atomic E-state index is 11.5. The van der Waals surface area contributed by atoms with E-state index in [1.54, 1.807) is 0 Å².